The van der Waals surface area contributed by atoms with Gasteiger partial charge in [-0.3, -0.25) is 4.79 Å². The zero-order chi connectivity index (χ0) is 12.5. The number of thioether (sulfide) groups is 1. The summed E-state index contributed by atoms with van der Waals surface area (Å²) in [7, 11) is 0. The number of carbonyl (C=O) groups is 1. The van der Waals surface area contributed by atoms with Crippen molar-refractivity contribution >= 4 is 42.5 Å². The number of nitrogens with zero attached hydrogens (tertiary/aromatic N) is 2. The topological polar surface area (TPSA) is 35.6 Å². The Labute approximate surface area is 133 Å². The summed E-state index contributed by atoms with van der Waals surface area (Å²) in [5.74, 6) is 2.00. The number of hydrogen-bond donors (Lipinski definition) is 1. The molecule has 1 aliphatic heterocycles. The standard InChI is InChI=1S/C12H25N3OS.2ClH/c1-3-14(4-2)9-10-17-11-12(16)15-7-5-13-6-8-15;;/h13H,3-11H2,1-2H3;2*1H. The third-order valence-electron chi connectivity index (χ3n) is 3.14. The van der Waals surface area contributed by atoms with Crippen LogP contribution in [0.3, 0.4) is 0 Å². The normalized spacial score (nSPS) is 14.8. The van der Waals surface area contributed by atoms with Crippen molar-refractivity contribution in [2.45, 2.75) is 13.8 Å². The molecule has 1 heterocycles. The minimum Gasteiger partial charge on any atom is -0.339 e. The summed E-state index contributed by atoms with van der Waals surface area (Å²) in [6.07, 6.45) is 0. The van der Waals surface area contributed by atoms with E-state index in [2.05, 4.69) is 24.1 Å². The number of carbonyl (C=O) groups excluding carboxylic acids is 1. The first-order valence-corrected chi connectivity index (χ1v) is 7.72. The molecule has 0 saturated carbocycles. The van der Waals surface area contributed by atoms with Gasteiger partial charge in [-0.15, -0.1) is 24.8 Å². The second kappa shape index (κ2) is 13.3. The molecule has 4 nitrogen and oxygen atoms in total. The fraction of sp³-hybridized carbons (Fsp3) is 0.917. The Balaban J connectivity index is 0. The van der Waals surface area contributed by atoms with Crippen molar-refractivity contribution in [3.63, 3.8) is 0 Å². The molecule has 1 fully saturated rings. The van der Waals surface area contributed by atoms with E-state index in [9.17, 15) is 4.79 Å². The number of hydrogen-bond acceptors (Lipinski definition) is 4. The lowest BCUT2D eigenvalue weighted by atomic mass is 10.3. The summed E-state index contributed by atoms with van der Waals surface area (Å²) >= 11 is 1.76. The SMILES string of the molecule is CCN(CC)CCSCC(=O)N1CCNCC1.Cl.Cl. The van der Waals surface area contributed by atoms with E-state index >= 15 is 0 Å². The van der Waals surface area contributed by atoms with Crippen molar-refractivity contribution in [2.75, 3.05) is 57.3 Å². The maximum absolute atomic E-state index is 11.8. The largest absolute Gasteiger partial charge is 0.339 e. The Morgan fingerprint density at radius 1 is 1.21 bits per heavy atom. The first-order valence-electron chi connectivity index (χ1n) is 6.56. The Bertz CT molecular complexity index is 225. The van der Waals surface area contributed by atoms with Gasteiger partial charge in [0.25, 0.3) is 0 Å². The van der Waals surface area contributed by atoms with Gasteiger partial charge in [0, 0.05) is 38.5 Å². The third kappa shape index (κ3) is 8.97. The van der Waals surface area contributed by atoms with Crippen LogP contribution < -0.4 is 5.32 Å². The zero-order valence-electron chi connectivity index (χ0n) is 11.9. The minimum absolute atomic E-state index is 0. The lowest BCUT2D eigenvalue weighted by molar-refractivity contribution is -0.128. The molecule has 0 aromatic carbocycles. The van der Waals surface area contributed by atoms with E-state index in [0.717, 1.165) is 51.6 Å². The monoisotopic (exact) mass is 331 g/mol. The fourth-order valence-electron chi connectivity index (χ4n) is 1.90. The Kier molecular flexibility index (Phi) is 15.1. The van der Waals surface area contributed by atoms with Crippen molar-refractivity contribution in [3.05, 3.63) is 0 Å². The van der Waals surface area contributed by atoms with Crippen molar-refractivity contribution in [1.29, 1.82) is 0 Å². The van der Waals surface area contributed by atoms with Gasteiger partial charge in [0.2, 0.25) is 5.91 Å². The Morgan fingerprint density at radius 3 is 2.32 bits per heavy atom. The molecule has 0 aromatic heterocycles. The molecule has 1 saturated heterocycles. The highest BCUT2D eigenvalue weighted by atomic mass is 35.5. The van der Waals surface area contributed by atoms with Gasteiger partial charge < -0.3 is 15.1 Å². The highest BCUT2D eigenvalue weighted by Gasteiger charge is 2.15. The van der Waals surface area contributed by atoms with E-state index in [1.54, 1.807) is 11.8 Å². The summed E-state index contributed by atoms with van der Waals surface area (Å²) in [6.45, 7) is 11.3. The number of amides is 1. The van der Waals surface area contributed by atoms with Crippen molar-refractivity contribution in [1.82, 2.24) is 15.1 Å². The minimum atomic E-state index is 0. The molecule has 0 bridgehead atoms. The number of nitrogens with one attached hydrogen (secondary N) is 1. The maximum Gasteiger partial charge on any atom is 0.232 e. The summed E-state index contributed by atoms with van der Waals surface area (Å²) in [5, 5.41) is 3.26. The van der Waals surface area contributed by atoms with Crippen LogP contribution in [-0.2, 0) is 4.79 Å². The summed E-state index contributed by atoms with van der Waals surface area (Å²) < 4.78 is 0. The first-order chi connectivity index (χ1) is 8.27. The molecular formula is C12H27Cl2N3OS. The molecule has 7 heteroatoms. The van der Waals surface area contributed by atoms with Gasteiger partial charge in [-0.05, 0) is 13.1 Å². The van der Waals surface area contributed by atoms with Gasteiger partial charge in [0.15, 0.2) is 0 Å². The van der Waals surface area contributed by atoms with Crippen LogP contribution in [0.1, 0.15) is 13.8 Å². The molecule has 1 rings (SSSR count). The lowest BCUT2D eigenvalue weighted by Crippen LogP contribution is -2.47. The van der Waals surface area contributed by atoms with Crippen molar-refractivity contribution < 1.29 is 4.79 Å². The predicted molar refractivity (Wildman–Crippen MR) is 89.1 cm³/mol. The van der Waals surface area contributed by atoms with Crippen LogP contribution in [0.2, 0.25) is 0 Å². The second-order valence-electron chi connectivity index (χ2n) is 4.21. The van der Waals surface area contributed by atoms with Crippen LogP contribution in [-0.4, -0.2) is 73.0 Å². The third-order valence-corrected chi connectivity index (χ3v) is 4.06. The molecule has 116 valence electrons. The van der Waals surface area contributed by atoms with Crippen LogP contribution in [0.5, 0.6) is 0 Å². The van der Waals surface area contributed by atoms with Crippen molar-refractivity contribution in [2.24, 2.45) is 0 Å². The van der Waals surface area contributed by atoms with Gasteiger partial charge in [0.1, 0.15) is 0 Å². The Hall–Kier alpha value is 0.320. The van der Waals surface area contributed by atoms with E-state index in [1.165, 1.54) is 0 Å². The van der Waals surface area contributed by atoms with Crippen LogP contribution in [0.25, 0.3) is 0 Å². The first kappa shape index (κ1) is 21.6. The fourth-order valence-corrected chi connectivity index (χ4v) is 2.79. The molecule has 0 radical (unpaired) electrons. The number of piperazine rings is 1. The van der Waals surface area contributed by atoms with Crippen LogP contribution >= 0.6 is 36.6 Å². The highest BCUT2D eigenvalue weighted by molar-refractivity contribution is 7.99. The smallest absolute Gasteiger partial charge is 0.232 e. The average Bonchev–Trinajstić information content (AvgIpc) is 2.40. The molecule has 19 heavy (non-hydrogen) atoms. The van der Waals surface area contributed by atoms with E-state index in [-0.39, 0.29) is 24.8 Å². The highest BCUT2D eigenvalue weighted by Crippen LogP contribution is 2.04. The van der Waals surface area contributed by atoms with Crippen molar-refractivity contribution in [3.8, 4) is 0 Å². The molecule has 0 unspecified atom stereocenters. The van der Waals surface area contributed by atoms with Gasteiger partial charge in [0.05, 0.1) is 5.75 Å². The summed E-state index contributed by atoms with van der Waals surface area (Å²) in [6, 6.07) is 0. The van der Waals surface area contributed by atoms with Crippen LogP contribution in [0, 0.1) is 0 Å². The van der Waals surface area contributed by atoms with Gasteiger partial charge in [-0.1, -0.05) is 13.8 Å². The zero-order valence-corrected chi connectivity index (χ0v) is 14.3. The summed E-state index contributed by atoms with van der Waals surface area (Å²) in [5.41, 5.74) is 0. The maximum atomic E-state index is 11.8. The average molecular weight is 332 g/mol. The second-order valence-corrected chi connectivity index (χ2v) is 5.32. The quantitative estimate of drug-likeness (QED) is 0.714. The van der Waals surface area contributed by atoms with Gasteiger partial charge in [-0.25, -0.2) is 0 Å². The molecule has 0 atom stereocenters. The number of rotatable bonds is 7. The molecular weight excluding hydrogens is 305 g/mol. The molecule has 0 aromatic rings. The van der Waals surface area contributed by atoms with Gasteiger partial charge >= 0.3 is 0 Å². The van der Waals surface area contributed by atoms with Crippen LogP contribution in [0.4, 0.5) is 0 Å². The lowest BCUT2D eigenvalue weighted by Gasteiger charge is -2.27. The Morgan fingerprint density at radius 2 is 1.79 bits per heavy atom. The molecule has 1 N–H and O–H groups in total. The molecule has 0 aliphatic carbocycles. The van der Waals surface area contributed by atoms with Crippen LogP contribution in [0.15, 0.2) is 0 Å². The van der Waals surface area contributed by atoms with E-state index in [0.29, 0.717) is 11.7 Å². The summed E-state index contributed by atoms with van der Waals surface area (Å²) in [4.78, 5) is 16.2. The van der Waals surface area contributed by atoms with Gasteiger partial charge in [-0.2, -0.15) is 11.8 Å². The predicted octanol–water partition coefficient (Wildman–Crippen LogP) is 1.34. The number of halogens is 2. The molecule has 1 aliphatic rings. The van der Waals surface area contributed by atoms with E-state index < -0.39 is 0 Å². The molecule has 1 amide bonds. The van der Waals surface area contributed by atoms with E-state index in [1.807, 2.05) is 4.90 Å². The van der Waals surface area contributed by atoms with E-state index in [4.69, 9.17) is 0 Å². The molecule has 0 spiro atoms.